The number of rotatable bonds is 6. The van der Waals surface area contributed by atoms with Gasteiger partial charge in [0.05, 0.1) is 0 Å². The van der Waals surface area contributed by atoms with Gasteiger partial charge in [-0.1, -0.05) is 20.8 Å². The predicted molar refractivity (Wildman–Crippen MR) is 84.7 cm³/mol. The molecule has 3 nitrogen and oxygen atoms in total. The highest BCUT2D eigenvalue weighted by Crippen LogP contribution is 2.39. The third-order valence-electron chi connectivity index (χ3n) is 4.83. The van der Waals surface area contributed by atoms with Crippen LogP contribution in [0.5, 0.6) is 0 Å². The summed E-state index contributed by atoms with van der Waals surface area (Å²) in [5.74, 6) is 2.94. The van der Waals surface area contributed by atoms with Crippen LogP contribution in [0.1, 0.15) is 58.7 Å². The van der Waals surface area contributed by atoms with Crippen LogP contribution in [0.2, 0.25) is 0 Å². The highest BCUT2D eigenvalue weighted by molar-refractivity contribution is 4.87. The molecule has 0 aliphatic heterocycles. The Bertz CT molecular complexity index is 356. The molecule has 2 N–H and O–H groups in total. The van der Waals surface area contributed by atoms with Gasteiger partial charge < -0.3 is 10.3 Å². The largest absolute Gasteiger partial charge is 0.349 e. The number of aromatic amines is 1. The number of H-pyrrole nitrogens is 1. The van der Waals surface area contributed by atoms with Gasteiger partial charge in [-0.25, -0.2) is 4.98 Å². The maximum Gasteiger partial charge on any atom is 0.106 e. The summed E-state index contributed by atoms with van der Waals surface area (Å²) >= 11 is 0. The van der Waals surface area contributed by atoms with E-state index in [2.05, 4.69) is 36.1 Å². The minimum absolute atomic E-state index is 0.501. The Labute approximate surface area is 124 Å². The average molecular weight is 277 g/mol. The lowest BCUT2D eigenvalue weighted by atomic mass is 9.70. The summed E-state index contributed by atoms with van der Waals surface area (Å²) in [4.78, 5) is 7.41. The zero-order valence-corrected chi connectivity index (χ0v) is 13.4. The highest BCUT2D eigenvalue weighted by Gasteiger charge is 2.29. The number of nitrogens with one attached hydrogen (secondary N) is 2. The fourth-order valence-corrected chi connectivity index (χ4v) is 3.35. The molecule has 1 saturated carbocycles. The zero-order chi connectivity index (χ0) is 14.4. The fourth-order valence-electron chi connectivity index (χ4n) is 3.35. The van der Waals surface area contributed by atoms with Crippen molar-refractivity contribution in [2.45, 2.75) is 59.3 Å². The second-order valence-electron chi connectivity index (χ2n) is 7.43. The molecule has 3 heteroatoms. The first-order valence-corrected chi connectivity index (χ1v) is 8.24. The average Bonchev–Trinajstić information content (AvgIpc) is 2.91. The van der Waals surface area contributed by atoms with Gasteiger partial charge in [0.15, 0.2) is 0 Å². The number of imidazole rings is 1. The van der Waals surface area contributed by atoms with Gasteiger partial charge in [-0.15, -0.1) is 0 Å². The Morgan fingerprint density at radius 3 is 2.60 bits per heavy atom. The van der Waals surface area contributed by atoms with Crippen LogP contribution in [0.3, 0.4) is 0 Å². The number of nitrogens with zero attached hydrogens (tertiary/aromatic N) is 1. The van der Waals surface area contributed by atoms with Crippen LogP contribution in [0.15, 0.2) is 12.4 Å². The van der Waals surface area contributed by atoms with Crippen molar-refractivity contribution in [3.05, 3.63) is 18.2 Å². The van der Waals surface area contributed by atoms with Gasteiger partial charge in [-0.3, -0.25) is 0 Å². The minimum Gasteiger partial charge on any atom is -0.349 e. The third kappa shape index (κ3) is 4.93. The lowest BCUT2D eigenvalue weighted by Crippen LogP contribution is -2.31. The number of aromatic nitrogens is 2. The fraction of sp³-hybridized carbons (Fsp3) is 0.824. The van der Waals surface area contributed by atoms with Gasteiger partial charge in [-0.2, -0.15) is 0 Å². The van der Waals surface area contributed by atoms with Crippen molar-refractivity contribution >= 4 is 0 Å². The molecule has 1 fully saturated rings. The maximum absolute atomic E-state index is 4.25. The van der Waals surface area contributed by atoms with E-state index >= 15 is 0 Å². The van der Waals surface area contributed by atoms with E-state index < -0.39 is 0 Å². The smallest absolute Gasteiger partial charge is 0.106 e. The van der Waals surface area contributed by atoms with E-state index in [1.807, 2.05) is 12.4 Å². The van der Waals surface area contributed by atoms with Crippen LogP contribution in [0.4, 0.5) is 0 Å². The quantitative estimate of drug-likeness (QED) is 0.777. The molecule has 0 amide bonds. The van der Waals surface area contributed by atoms with Gasteiger partial charge in [0.2, 0.25) is 0 Å². The van der Waals surface area contributed by atoms with Crippen molar-refractivity contribution in [3.63, 3.8) is 0 Å². The molecule has 0 aromatic carbocycles. The standard InChI is InChI=1S/C17H31N3/c1-17(2,3)15-8-6-14(7-9-15)13-18-10-4-5-16-19-11-12-20-16/h11-12,14-15,18H,4-10,13H2,1-3H3,(H,19,20). The van der Waals surface area contributed by atoms with Crippen LogP contribution in [-0.2, 0) is 6.42 Å². The van der Waals surface area contributed by atoms with Crippen molar-refractivity contribution in [1.82, 2.24) is 15.3 Å². The maximum atomic E-state index is 4.25. The Hall–Kier alpha value is -0.830. The normalized spacial score (nSPS) is 23.9. The summed E-state index contributed by atoms with van der Waals surface area (Å²) in [6.45, 7) is 9.50. The molecule has 1 heterocycles. The topological polar surface area (TPSA) is 40.7 Å². The van der Waals surface area contributed by atoms with Gasteiger partial charge in [0, 0.05) is 18.8 Å². The molecule has 1 aliphatic rings. The molecule has 0 spiro atoms. The van der Waals surface area contributed by atoms with Crippen LogP contribution >= 0.6 is 0 Å². The molecule has 1 aliphatic carbocycles. The van der Waals surface area contributed by atoms with Crippen LogP contribution in [-0.4, -0.2) is 23.1 Å². The van der Waals surface area contributed by atoms with Crippen LogP contribution in [0, 0.1) is 17.3 Å². The van der Waals surface area contributed by atoms with E-state index in [0.717, 1.165) is 30.6 Å². The van der Waals surface area contributed by atoms with Crippen molar-refractivity contribution in [3.8, 4) is 0 Å². The van der Waals surface area contributed by atoms with E-state index in [9.17, 15) is 0 Å². The summed E-state index contributed by atoms with van der Waals surface area (Å²) in [7, 11) is 0. The van der Waals surface area contributed by atoms with E-state index in [-0.39, 0.29) is 0 Å². The molecule has 0 radical (unpaired) electrons. The SMILES string of the molecule is CC(C)(C)C1CCC(CNCCCc2ncc[nH]2)CC1. The predicted octanol–water partition coefficient (Wildman–Crippen LogP) is 3.78. The number of hydrogen-bond donors (Lipinski definition) is 2. The van der Waals surface area contributed by atoms with E-state index in [1.165, 1.54) is 38.6 Å². The van der Waals surface area contributed by atoms with E-state index in [0.29, 0.717) is 5.41 Å². The van der Waals surface area contributed by atoms with Crippen LogP contribution < -0.4 is 5.32 Å². The van der Waals surface area contributed by atoms with E-state index in [4.69, 9.17) is 0 Å². The molecular formula is C17H31N3. The molecule has 114 valence electrons. The molecule has 0 unspecified atom stereocenters. The Morgan fingerprint density at radius 1 is 1.25 bits per heavy atom. The monoisotopic (exact) mass is 277 g/mol. The van der Waals surface area contributed by atoms with Gasteiger partial charge in [0.25, 0.3) is 0 Å². The third-order valence-corrected chi connectivity index (χ3v) is 4.83. The Morgan fingerprint density at radius 2 is 2.00 bits per heavy atom. The van der Waals surface area contributed by atoms with Crippen molar-refractivity contribution < 1.29 is 0 Å². The summed E-state index contributed by atoms with van der Waals surface area (Å²) in [6.07, 6.45) is 11.6. The van der Waals surface area contributed by atoms with Crippen molar-refractivity contribution in [2.75, 3.05) is 13.1 Å². The molecule has 0 atom stereocenters. The summed E-state index contributed by atoms with van der Waals surface area (Å²) in [5.41, 5.74) is 0.501. The molecule has 1 aromatic rings. The molecule has 2 rings (SSSR count). The second-order valence-corrected chi connectivity index (χ2v) is 7.43. The minimum atomic E-state index is 0.501. The molecular weight excluding hydrogens is 246 g/mol. The summed E-state index contributed by atoms with van der Waals surface area (Å²) < 4.78 is 0. The molecule has 20 heavy (non-hydrogen) atoms. The molecule has 0 saturated heterocycles. The first-order chi connectivity index (χ1) is 9.55. The van der Waals surface area contributed by atoms with Crippen molar-refractivity contribution in [1.29, 1.82) is 0 Å². The first-order valence-electron chi connectivity index (χ1n) is 8.24. The van der Waals surface area contributed by atoms with Gasteiger partial charge in [0.1, 0.15) is 5.82 Å². The Kier molecular flexibility index (Phi) is 5.64. The summed E-state index contributed by atoms with van der Waals surface area (Å²) in [6, 6.07) is 0. The Balaban J connectivity index is 1.53. The van der Waals surface area contributed by atoms with E-state index in [1.54, 1.807) is 0 Å². The molecule has 0 bridgehead atoms. The number of aryl methyl sites for hydroxylation is 1. The first kappa shape index (κ1) is 15.6. The van der Waals surface area contributed by atoms with Gasteiger partial charge in [-0.05, 0) is 62.4 Å². The summed E-state index contributed by atoms with van der Waals surface area (Å²) in [5, 5.41) is 3.63. The van der Waals surface area contributed by atoms with Gasteiger partial charge >= 0.3 is 0 Å². The number of hydrogen-bond acceptors (Lipinski definition) is 2. The highest BCUT2D eigenvalue weighted by atomic mass is 14.9. The van der Waals surface area contributed by atoms with Crippen LogP contribution in [0.25, 0.3) is 0 Å². The second kappa shape index (κ2) is 7.26. The lowest BCUT2D eigenvalue weighted by molar-refractivity contribution is 0.149. The van der Waals surface area contributed by atoms with Crippen molar-refractivity contribution in [2.24, 2.45) is 17.3 Å². The lowest BCUT2D eigenvalue weighted by Gasteiger charge is -2.37. The zero-order valence-electron chi connectivity index (χ0n) is 13.4. The molecule has 1 aromatic heterocycles.